The Bertz CT molecular complexity index is 1030. The van der Waals surface area contributed by atoms with Crippen molar-refractivity contribution in [3.05, 3.63) is 58.7 Å². The highest BCUT2D eigenvalue weighted by Gasteiger charge is 2.30. The van der Waals surface area contributed by atoms with E-state index in [1.807, 2.05) is 0 Å². The van der Waals surface area contributed by atoms with Gasteiger partial charge in [0, 0.05) is 32.3 Å². The quantitative estimate of drug-likeness (QED) is 0.560. The first-order valence-corrected chi connectivity index (χ1v) is 8.97. The molecular weight excluding hydrogens is 389 g/mol. The number of aryl methyl sites for hydroxylation is 1. The van der Waals surface area contributed by atoms with E-state index in [9.17, 15) is 22.8 Å². The molecule has 1 amide bonds. The summed E-state index contributed by atoms with van der Waals surface area (Å²) in [6.45, 7) is 0.961. The van der Waals surface area contributed by atoms with Gasteiger partial charge in [-0.15, -0.1) is 0 Å². The summed E-state index contributed by atoms with van der Waals surface area (Å²) in [4.78, 5) is 27.4. The smallest absolute Gasteiger partial charge is 0.408 e. The molecule has 2 aromatic heterocycles. The van der Waals surface area contributed by atoms with Crippen LogP contribution in [0.3, 0.4) is 0 Å². The second kappa shape index (κ2) is 8.80. The van der Waals surface area contributed by atoms with Gasteiger partial charge in [0.15, 0.2) is 5.58 Å². The van der Waals surface area contributed by atoms with Crippen LogP contribution >= 0.6 is 0 Å². The molecule has 0 aliphatic carbocycles. The maximum Gasteiger partial charge on any atom is 0.419 e. The van der Waals surface area contributed by atoms with Crippen LogP contribution in [0.5, 0.6) is 0 Å². The van der Waals surface area contributed by atoms with E-state index in [-0.39, 0.29) is 18.9 Å². The second-order valence-corrected chi connectivity index (χ2v) is 6.30. The number of carbonyl (C=O) groups excluding carboxylic acids is 1. The summed E-state index contributed by atoms with van der Waals surface area (Å²) in [5.41, 5.74) is 0.372. The van der Waals surface area contributed by atoms with Crippen LogP contribution in [0, 0.1) is 0 Å². The monoisotopic (exact) mass is 408 g/mol. The Kier molecular flexibility index (Phi) is 6.20. The average molecular weight is 408 g/mol. The number of anilines is 1. The molecule has 154 valence electrons. The molecule has 3 aromatic rings. The number of carbonyl (C=O) groups is 1. The van der Waals surface area contributed by atoms with Crippen molar-refractivity contribution in [2.24, 2.45) is 0 Å². The Hall–Kier alpha value is -3.30. The lowest BCUT2D eigenvalue weighted by atomic mass is 10.2. The van der Waals surface area contributed by atoms with Crippen LogP contribution < -0.4 is 16.4 Å². The summed E-state index contributed by atoms with van der Waals surface area (Å²) in [5, 5.41) is 5.53. The maximum atomic E-state index is 12.5. The van der Waals surface area contributed by atoms with Crippen molar-refractivity contribution in [1.82, 2.24) is 14.9 Å². The van der Waals surface area contributed by atoms with E-state index in [0.717, 1.165) is 12.3 Å². The molecule has 2 heterocycles. The van der Waals surface area contributed by atoms with Crippen LogP contribution in [0.1, 0.15) is 18.4 Å². The number of aromatic nitrogens is 2. The van der Waals surface area contributed by atoms with Crippen molar-refractivity contribution in [3.63, 3.8) is 0 Å². The van der Waals surface area contributed by atoms with Crippen LogP contribution in [-0.2, 0) is 17.5 Å². The number of pyridine rings is 1. The van der Waals surface area contributed by atoms with Gasteiger partial charge >= 0.3 is 11.9 Å². The highest BCUT2D eigenvalue weighted by Crippen LogP contribution is 2.28. The second-order valence-electron chi connectivity index (χ2n) is 6.30. The Morgan fingerprint density at radius 1 is 1.14 bits per heavy atom. The minimum Gasteiger partial charge on any atom is -0.408 e. The zero-order chi connectivity index (χ0) is 20.9. The van der Waals surface area contributed by atoms with E-state index < -0.39 is 17.5 Å². The molecule has 0 bridgehead atoms. The minimum atomic E-state index is -4.42. The summed E-state index contributed by atoms with van der Waals surface area (Å²) in [6, 6.07) is 9.24. The SMILES string of the molecule is O=C(CCCn1c(=O)oc2ccccc21)NCCNc1ccc(C(F)(F)F)cn1. The molecule has 2 N–H and O–H groups in total. The number of hydrogen-bond acceptors (Lipinski definition) is 5. The highest BCUT2D eigenvalue weighted by atomic mass is 19.4. The number of rotatable bonds is 8. The normalized spacial score (nSPS) is 11.6. The van der Waals surface area contributed by atoms with Crippen molar-refractivity contribution < 1.29 is 22.4 Å². The largest absolute Gasteiger partial charge is 0.419 e. The zero-order valence-corrected chi connectivity index (χ0v) is 15.3. The Morgan fingerprint density at radius 2 is 1.93 bits per heavy atom. The van der Waals surface area contributed by atoms with Crippen molar-refractivity contribution >= 4 is 22.8 Å². The first-order chi connectivity index (χ1) is 13.8. The minimum absolute atomic E-state index is 0.187. The average Bonchev–Trinajstić information content (AvgIpc) is 3.00. The Morgan fingerprint density at radius 3 is 2.66 bits per heavy atom. The summed E-state index contributed by atoms with van der Waals surface area (Å²) in [5.74, 6) is -0.355. The number of nitrogens with zero attached hydrogens (tertiary/aromatic N) is 2. The van der Waals surface area contributed by atoms with Gasteiger partial charge in [0.1, 0.15) is 5.82 Å². The number of halogens is 3. The summed E-state index contributed by atoms with van der Waals surface area (Å²) in [7, 11) is 0. The van der Waals surface area contributed by atoms with E-state index in [0.29, 0.717) is 36.4 Å². The lowest BCUT2D eigenvalue weighted by molar-refractivity contribution is -0.137. The number of oxazole rings is 1. The van der Waals surface area contributed by atoms with Crippen molar-refractivity contribution in [2.75, 3.05) is 18.4 Å². The fourth-order valence-corrected chi connectivity index (χ4v) is 2.77. The number of amides is 1. The van der Waals surface area contributed by atoms with E-state index in [1.165, 1.54) is 10.6 Å². The molecule has 0 fully saturated rings. The Labute approximate surface area is 163 Å². The molecule has 29 heavy (non-hydrogen) atoms. The number of para-hydroxylation sites is 2. The van der Waals surface area contributed by atoms with Crippen LogP contribution in [0.4, 0.5) is 19.0 Å². The summed E-state index contributed by atoms with van der Waals surface area (Å²) >= 11 is 0. The topological polar surface area (TPSA) is 89.2 Å². The van der Waals surface area contributed by atoms with Crippen molar-refractivity contribution in [1.29, 1.82) is 0 Å². The van der Waals surface area contributed by atoms with Crippen LogP contribution in [0.2, 0.25) is 0 Å². The van der Waals surface area contributed by atoms with Crippen LogP contribution in [-0.4, -0.2) is 28.5 Å². The van der Waals surface area contributed by atoms with E-state index in [1.54, 1.807) is 24.3 Å². The number of fused-ring (bicyclic) bond motifs is 1. The van der Waals surface area contributed by atoms with Crippen LogP contribution in [0.15, 0.2) is 51.8 Å². The van der Waals surface area contributed by atoms with Gasteiger partial charge in [0.05, 0.1) is 11.1 Å². The van der Waals surface area contributed by atoms with Crippen molar-refractivity contribution in [2.45, 2.75) is 25.6 Å². The maximum absolute atomic E-state index is 12.5. The zero-order valence-electron chi connectivity index (χ0n) is 15.3. The third-order valence-electron chi connectivity index (χ3n) is 4.20. The van der Waals surface area contributed by atoms with Gasteiger partial charge in [0.2, 0.25) is 5.91 Å². The fraction of sp³-hybridized carbons (Fsp3) is 0.316. The van der Waals surface area contributed by atoms with Gasteiger partial charge < -0.3 is 15.1 Å². The lowest BCUT2D eigenvalue weighted by Crippen LogP contribution is -2.29. The number of alkyl halides is 3. The van der Waals surface area contributed by atoms with Gasteiger partial charge in [-0.25, -0.2) is 9.78 Å². The van der Waals surface area contributed by atoms with E-state index in [2.05, 4.69) is 15.6 Å². The number of benzene rings is 1. The van der Waals surface area contributed by atoms with Gasteiger partial charge in [-0.2, -0.15) is 13.2 Å². The molecule has 0 atom stereocenters. The highest BCUT2D eigenvalue weighted by molar-refractivity contribution is 5.76. The van der Waals surface area contributed by atoms with Gasteiger partial charge in [-0.05, 0) is 30.7 Å². The summed E-state index contributed by atoms with van der Waals surface area (Å²) < 4.78 is 44.0. The lowest BCUT2D eigenvalue weighted by Gasteiger charge is -2.09. The first-order valence-electron chi connectivity index (χ1n) is 8.97. The summed E-state index contributed by atoms with van der Waals surface area (Å²) in [6.07, 6.45) is -2.98. The molecule has 3 rings (SSSR count). The fourth-order valence-electron chi connectivity index (χ4n) is 2.77. The molecule has 0 spiro atoms. The first kappa shape index (κ1) is 20.4. The molecule has 0 saturated heterocycles. The van der Waals surface area contributed by atoms with Crippen molar-refractivity contribution in [3.8, 4) is 0 Å². The van der Waals surface area contributed by atoms with E-state index in [4.69, 9.17) is 4.42 Å². The standard InChI is InChI=1S/C19H19F3N4O3/c20-19(21,22)13-7-8-16(25-12-13)23-9-10-24-17(27)6-3-11-26-14-4-1-2-5-15(14)29-18(26)28/h1-2,4-5,7-8,12H,3,6,9-11H2,(H,23,25)(H,24,27). The molecule has 0 aliphatic rings. The molecule has 0 saturated carbocycles. The molecule has 0 radical (unpaired) electrons. The molecule has 1 aromatic carbocycles. The molecule has 10 heteroatoms. The molecule has 7 nitrogen and oxygen atoms in total. The molecule has 0 aliphatic heterocycles. The van der Waals surface area contributed by atoms with Crippen LogP contribution in [0.25, 0.3) is 11.1 Å². The molecular formula is C19H19F3N4O3. The third-order valence-corrected chi connectivity index (χ3v) is 4.20. The number of nitrogens with one attached hydrogen (secondary N) is 2. The van der Waals surface area contributed by atoms with Gasteiger partial charge in [-0.3, -0.25) is 9.36 Å². The molecule has 0 unspecified atom stereocenters. The van der Waals surface area contributed by atoms with Gasteiger partial charge in [0.25, 0.3) is 0 Å². The number of hydrogen-bond donors (Lipinski definition) is 2. The predicted molar refractivity (Wildman–Crippen MR) is 100 cm³/mol. The third kappa shape index (κ3) is 5.37. The Balaban J connectivity index is 1.37. The van der Waals surface area contributed by atoms with Gasteiger partial charge in [-0.1, -0.05) is 12.1 Å². The van der Waals surface area contributed by atoms with E-state index >= 15 is 0 Å². The predicted octanol–water partition coefficient (Wildman–Crippen LogP) is 3.02.